The maximum atomic E-state index is 12.1. The summed E-state index contributed by atoms with van der Waals surface area (Å²) in [5.41, 5.74) is -0.488. The van der Waals surface area contributed by atoms with Crippen molar-refractivity contribution in [2.24, 2.45) is 5.92 Å². The van der Waals surface area contributed by atoms with Gasteiger partial charge in [0.25, 0.3) is 0 Å². The molecule has 2 rings (SSSR count). The van der Waals surface area contributed by atoms with Crippen molar-refractivity contribution in [3.8, 4) is 0 Å². The maximum absolute atomic E-state index is 12.1. The minimum absolute atomic E-state index is 0.0130. The van der Waals surface area contributed by atoms with Crippen molar-refractivity contribution in [1.82, 2.24) is 10.6 Å². The summed E-state index contributed by atoms with van der Waals surface area (Å²) in [6.45, 7) is 3.95. The van der Waals surface area contributed by atoms with Crippen molar-refractivity contribution in [2.45, 2.75) is 44.7 Å². The summed E-state index contributed by atoms with van der Waals surface area (Å²) in [5, 5.41) is 17.4. The van der Waals surface area contributed by atoms with Gasteiger partial charge in [-0.05, 0) is 43.6 Å². The molecule has 2 unspecified atom stereocenters. The average molecular weight is 282 g/mol. The Morgan fingerprint density at radius 3 is 2.84 bits per heavy atom. The van der Waals surface area contributed by atoms with Gasteiger partial charge in [-0.2, -0.15) is 0 Å². The number of nitrogens with one attached hydrogen (secondary N) is 2. The Morgan fingerprint density at radius 2 is 2.37 bits per heavy atom. The van der Waals surface area contributed by atoms with E-state index in [1.54, 1.807) is 11.3 Å². The predicted octanol–water partition coefficient (Wildman–Crippen LogP) is 2.66. The third-order valence-electron chi connectivity index (χ3n) is 3.81. The van der Waals surface area contributed by atoms with Gasteiger partial charge in [-0.15, -0.1) is 11.3 Å². The van der Waals surface area contributed by atoms with Gasteiger partial charge in [-0.3, -0.25) is 0 Å². The Bertz CT molecular complexity index is 417. The number of thiophene rings is 1. The summed E-state index contributed by atoms with van der Waals surface area (Å²) in [6, 6.07) is 3.88. The van der Waals surface area contributed by atoms with E-state index in [1.807, 2.05) is 24.4 Å². The third kappa shape index (κ3) is 3.48. The first kappa shape index (κ1) is 14.3. The molecule has 4 nitrogen and oxygen atoms in total. The highest BCUT2D eigenvalue weighted by atomic mass is 32.1. The van der Waals surface area contributed by atoms with E-state index in [1.165, 1.54) is 0 Å². The number of aliphatic hydroxyl groups is 1. The molecule has 1 aliphatic rings. The molecule has 1 heterocycles. The van der Waals surface area contributed by atoms with Gasteiger partial charge in [0.15, 0.2) is 0 Å². The fourth-order valence-corrected chi connectivity index (χ4v) is 3.17. The first-order chi connectivity index (χ1) is 9.09. The van der Waals surface area contributed by atoms with E-state index in [-0.39, 0.29) is 18.7 Å². The van der Waals surface area contributed by atoms with Gasteiger partial charge in [-0.25, -0.2) is 4.79 Å². The molecule has 0 bridgehead atoms. The van der Waals surface area contributed by atoms with Crippen LogP contribution < -0.4 is 10.6 Å². The van der Waals surface area contributed by atoms with Crippen LogP contribution >= 0.6 is 11.3 Å². The summed E-state index contributed by atoms with van der Waals surface area (Å²) < 4.78 is 0. The predicted molar refractivity (Wildman–Crippen MR) is 77.2 cm³/mol. The normalized spacial score (nSPS) is 19.5. The largest absolute Gasteiger partial charge is 0.394 e. The number of urea groups is 1. The Balaban J connectivity index is 1.92. The molecule has 0 aromatic carbocycles. The Hall–Kier alpha value is -1.07. The quantitative estimate of drug-likeness (QED) is 0.751. The summed E-state index contributed by atoms with van der Waals surface area (Å²) in [7, 11) is 0. The number of rotatable bonds is 6. The van der Waals surface area contributed by atoms with E-state index < -0.39 is 5.54 Å². The van der Waals surface area contributed by atoms with Gasteiger partial charge in [0, 0.05) is 4.88 Å². The molecule has 2 amide bonds. The second-order valence-electron chi connectivity index (χ2n) is 5.42. The zero-order chi connectivity index (χ0) is 13.9. The smallest absolute Gasteiger partial charge is 0.315 e. The van der Waals surface area contributed by atoms with E-state index in [9.17, 15) is 9.90 Å². The van der Waals surface area contributed by atoms with Crippen molar-refractivity contribution in [2.75, 3.05) is 6.61 Å². The minimum atomic E-state index is -0.488. The molecule has 1 saturated carbocycles. The number of amides is 2. The van der Waals surface area contributed by atoms with Crippen LogP contribution in [0.3, 0.4) is 0 Å². The molecule has 0 saturated heterocycles. The molecule has 2 atom stereocenters. The first-order valence-electron chi connectivity index (χ1n) is 6.82. The average Bonchev–Trinajstić information content (AvgIpc) is 3.13. The van der Waals surface area contributed by atoms with Crippen LogP contribution in [0.4, 0.5) is 4.79 Å². The van der Waals surface area contributed by atoms with Crippen LogP contribution in [0.1, 0.15) is 44.0 Å². The number of hydrogen-bond acceptors (Lipinski definition) is 3. The Kier molecular flexibility index (Phi) is 4.47. The van der Waals surface area contributed by atoms with Crippen molar-refractivity contribution >= 4 is 17.4 Å². The van der Waals surface area contributed by atoms with Gasteiger partial charge in [0.1, 0.15) is 0 Å². The van der Waals surface area contributed by atoms with E-state index in [2.05, 4.69) is 17.6 Å². The molecular formula is C14H22N2O2S. The van der Waals surface area contributed by atoms with Gasteiger partial charge >= 0.3 is 6.03 Å². The first-order valence-corrected chi connectivity index (χ1v) is 7.70. The highest BCUT2D eigenvalue weighted by Gasteiger charge is 2.42. The standard InChI is InChI=1S/C14H22N2O2S/c1-3-11(12-5-4-8-19-12)15-13(18)16-14(2,9-17)10-6-7-10/h4-5,8,10-11,17H,3,6-7,9H2,1-2H3,(H2,15,16,18). The molecule has 0 aliphatic heterocycles. The summed E-state index contributed by atoms with van der Waals surface area (Å²) in [4.78, 5) is 13.2. The highest BCUT2D eigenvalue weighted by molar-refractivity contribution is 7.10. The molecule has 0 spiro atoms. The highest BCUT2D eigenvalue weighted by Crippen LogP contribution is 2.39. The SMILES string of the molecule is CCC(NC(=O)NC(C)(CO)C1CC1)c1cccs1. The van der Waals surface area contributed by atoms with E-state index in [0.29, 0.717) is 5.92 Å². The summed E-state index contributed by atoms with van der Waals surface area (Å²) in [5.74, 6) is 0.407. The molecule has 19 heavy (non-hydrogen) atoms. The molecule has 1 fully saturated rings. The van der Waals surface area contributed by atoms with Crippen molar-refractivity contribution in [1.29, 1.82) is 0 Å². The van der Waals surface area contributed by atoms with Crippen LogP contribution in [-0.4, -0.2) is 23.3 Å². The second kappa shape index (κ2) is 5.92. The van der Waals surface area contributed by atoms with E-state index in [4.69, 9.17) is 0 Å². The van der Waals surface area contributed by atoms with Crippen LogP contribution in [0.15, 0.2) is 17.5 Å². The van der Waals surface area contributed by atoms with Crippen LogP contribution in [0.5, 0.6) is 0 Å². The molecule has 0 radical (unpaired) electrons. The summed E-state index contributed by atoms with van der Waals surface area (Å²) in [6.07, 6.45) is 3.02. The zero-order valence-corrected chi connectivity index (χ0v) is 12.3. The Labute approximate surface area is 118 Å². The minimum Gasteiger partial charge on any atom is -0.394 e. The summed E-state index contributed by atoms with van der Waals surface area (Å²) >= 11 is 1.65. The third-order valence-corrected chi connectivity index (χ3v) is 4.79. The fraction of sp³-hybridized carbons (Fsp3) is 0.643. The fourth-order valence-electron chi connectivity index (χ4n) is 2.31. The molecular weight excluding hydrogens is 260 g/mol. The van der Waals surface area contributed by atoms with E-state index >= 15 is 0 Å². The lowest BCUT2D eigenvalue weighted by Crippen LogP contribution is -2.54. The number of aliphatic hydroxyl groups excluding tert-OH is 1. The monoisotopic (exact) mass is 282 g/mol. The van der Waals surface area contributed by atoms with Crippen LogP contribution in [0.2, 0.25) is 0 Å². The molecule has 106 valence electrons. The van der Waals surface area contributed by atoms with Crippen LogP contribution in [0, 0.1) is 5.92 Å². The molecule has 1 aromatic heterocycles. The number of carbonyl (C=O) groups excluding carboxylic acids is 1. The van der Waals surface area contributed by atoms with Crippen molar-refractivity contribution in [3.05, 3.63) is 22.4 Å². The zero-order valence-electron chi connectivity index (χ0n) is 11.5. The Morgan fingerprint density at radius 1 is 1.63 bits per heavy atom. The van der Waals surface area contributed by atoms with Gasteiger partial charge < -0.3 is 15.7 Å². The number of carbonyl (C=O) groups is 1. The van der Waals surface area contributed by atoms with Gasteiger partial charge in [0.05, 0.1) is 18.2 Å². The van der Waals surface area contributed by atoms with Gasteiger partial charge in [-0.1, -0.05) is 13.0 Å². The molecule has 1 aliphatic carbocycles. The van der Waals surface area contributed by atoms with Crippen LogP contribution in [0.25, 0.3) is 0 Å². The second-order valence-corrected chi connectivity index (χ2v) is 6.40. The molecule has 3 N–H and O–H groups in total. The van der Waals surface area contributed by atoms with Crippen molar-refractivity contribution in [3.63, 3.8) is 0 Å². The maximum Gasteiger partial charge on any atom is 0.315 e. The molecule has 1 aromatic rings. The lowest BCUT2D eigenvalue weighted by Gasteiger charge is -2.29. The number of hydrogen-bond donors (Lipinski definition) is 3. The van der Waals surface area contributed by atoms with E-state index in [0.717, 1.165) is 24.1 Å². The van der Waals surface area contributed by atoms with Crippen LogP contribution in [-0.2, 0) is 0 Å². The van der Waals surface area contributed by atoms with Gasteiger partial charge in [0.2, 0.25) is 0 Å². The lowest BCUT2D eigenvalue weighted by atomic mass is 9.97. The van der Waals surface area contributed by atoms with Crippen molar-refractivity contribution < 1.29 is 9.90 Å². The topological polar surface area (TPSA) is 61.4 Å². The molecule has 5 heteroatoms. The lowest BCUT2D eigenvalue weighted by molar-refractivity contribution is 0.154.